The van der Waals surface area contributed by atoms with E-state index in [-0.39, 0.29) is 31.3 Å². The average molecular weight is 417 g/mol. The maximum absolute atomic E-state index is 13.0. The average Bonchev–Trinajstić information content (AvgIpc) is 3.25. The molecule has 0 bridgehead atoms. The number of thiophene rings is 1. The molecule has 0 spiro atoms. The van der Waals surface area contributed by atoms with E-state index in [0.29, 0.717) is 12.0 Å². The normalized spacial score (nSPS) is 18.3. The Hall–Kier alpha value is -3.43. The highest BCUT2D eigenvalue weighted by Gasteiger charge is 2.37. The zero-order valence-corrected chi connectivity index (χ0v) is 16.8. The summed E-state index contributed by atoms with van der Waals surface area (Å²) in [4.78, 5) is 20.1. The number of carbonyl (C=O) groups is 1. The SMILES string of the molecule is C.CN1C(=O)[C@H](Cc2ccccc2)[C@@H](c2cc(-c3cccc(C#N)c3)cs2)N=C1N. The predicted octanol–water partition coefficient (Wildman–Crippen LogP) is 4.61. The number of hydrogen-bond acceptors (Lipinski definition) is 5. The molecule has 0 aliphatic carbocycles. The van der Waals surface area contributed by atoms with Gasteiger partial charge in [-0.25, -0.2) is 4.99 Å². The van der Waals surface area contributed by atoms with Crippen LogP contribution in [0, 0.1) is 17.2 Å². The van der Waals surface area contributed by atoms with Crippen LogP contribution in [0.4, 0.5) is 0 Å². The van der Waals surface area contributed by atoms with Gasteiger partial charge in [0.1, 0.15) is 0 Å². The van der Waals surface area contributed by atoms with E-state index < -0.39 is 0 Å². The van der Waals surface area contributed by atoms with Crippen molar-refractivity contribution in [2.45, 2.75) is 19.9 Å². The highest BCUT2D eigenvalue weighted by atomic mass is 32.1. The molecule has 4 rings (SSSR count). The Morgan fingerprint density at radius 2 is 1.90 bits per heavy atom. The molecule has 1 aliphatic heterocycles. The number of guanidine groups is 1. The Balaban J connectivity index is 0.00000256. The molecule has 1 aliphatic rings. The van der Waals surface area contributed by atoms with Crippen LogP contribution in [0.1, 0.15) is 29.5 Å². The molecule has 0 unspecified atom stereocenters. The summed E-state index contributed by atoms with van der Waals surface area (Å²) in [6.07, 6.45) is 0.600. The van der Waals surface area contributed by atoms with Crippen molar-refractivity contribution in [3.8, 4) is 17.2 Å². The fourth-order valence-corrected chi connectivity index (χ4v) is 4.59. The molecule has 152 valence electrons. The summed E-state index contributed by atoms with van der Waals surface area (Å²) < 4.78 is 0. The lowest BCUT2D eigenvalue weighted by molar-refractivity contribution is -0.132. The van der Waals surface area contributed by atoms with Crippen molar-refractivity contribution in [1.29, 1.82) is 5.26 Å². The quantitative estimate of drug-likeness (QED) is 0.674. The Kier molecular flexibility index (Phi) is 6.34. The van der Waals surface area contributed by atoms with E-state index >= 15 is 0 Å². The van der Waals surface area contributed by atoms with E-state index in [2.05, 4.69) is 17.1 Å². The number of nitrogens with two attached hydrogens (primary N) is 1. The molecular formula is C24H24N4OS. The van der Waals surface area contributed by atoms with Crippen LogP contribution in [0.25, 0.3) is 11.1 Å². The smallest absolute Gasteiger partial charge is 0.235 e. The summed E-state index contributed by atoms with van der Waals surface area (Å²) in [6, 6.07) is 21.4. The largest absolute Gasteiger partial charge is 0.369 e. The summed E-state index contributed by atoms with van der Waals surface area (Å²) in [6.45, 7) is 0. The molecule has 2 N–H and O–H groups in total. The van der Waals surface area contributed by atoms with Crippen molar-refractivity contribution in [3.05, 3.63) is 82.0 Å². The Morgan fingerprint density at radius 1 is 1.13 bits per heavy atom. The third-order valence-electron chi connectivity index (χ3n) is 5.18. The number of nitrogens with zero attached hydrogens (tertiary/aromatic N) is 3. The molecule has 1 amide bonds. The van der Waals surface area contributed by atoms with Gasteiger partial charge in [-0.1, -0.05) is 49.9 Å². The minimum absolute atomic E-state index is 0. The molecule has 0 saturated carbocycles. The van der Waals surface area contributed by atoms with Crippen molar-refractivity contribution >= 4 is 23.2 Å². The molecule has 5 nitrogen and oxygen atoms in total. The Bertz CT molecular complexity index is 1110. The molecule has 3 aromatic rings. The van der Waals surface area contributed by atoms with Crippen LogP contribution in [0.15, 0.2) is 71.0 Å². The van der Waals surface area contributed by atoms with E-state index in [0.717, 1.165) is 21.6 Å². The summed E-state index contributed by atoms with van der Waals surface area (Å²) in [5.41, 5.74) is 9.74. The number of amides is 1. The van der Waals surface area contributed by atoms with Gasteiger partial charge in [0.15, 0.2) is 5.96 Å². The zero-order valence-electron chi connectivity index (χ0n) is 15.9. The first-order valence-electron chi connectivity index (χ1n) is 9.30. The Morgan fingerprint density at radius 3 is 2.63 bits per heavy atom. The minimum atomic E-state index is -0.322. The topological polar surface area (TPSA) is 82.5 Å². The van der Waals surface area contributed by atoms with E-state index in [9.17, 15) is 4.79 Å². The number of rotatable bonds is 4. The van der Waals surface area contributed by atoms with Crippen molar-refractivity contribution in [1.82, 2.24) is 4.90 Å². The van der Waals surface area contributed by atoms with Gasteiger partial charge >= 0.3 is 0 Å². The first kappa shape index (κ1) is 21.3. The zero-order chi connectivity index (χ0) is 20.4. The maximum atomic E-state index is 13.0. The molecule has 2 aromatic carbocycles. The van der Waals surface area contributed by atoms with E-state index in [4.69, 9.17) is 11.0 Å². The lowest BCUT2D eigenvalue weighted by Gasteiger charge is -2.32. The molecule has 1 aromatic heterocycles. The second-order valence-electron chi connectivity index (χ2n) is 7.06. The first-order valence-corrected chi connectivity index (χ1v) is 10.2. The summed E-state index contributed by atoms with van der Waals surface area (Å²) in [5, 5.41) is 11.2. The van der Waals surface area contributed by atoms with Gasteiger partial charge in [-0.15, -0.1) is 11.3 Å². The van der Waals surface area contributed by atoms with Crippen LogP contribution in [-0.2, 0) is 11.2 Å². The molecule has 0 fully saturated rings. The van der Waals surface area contributed by atoms with Gasteiger partial charge in [-0.3, -0.25) is 9.69 Å². The number of carbonyl (C=O) groups excluding carboxylic acids is 1. The minimum Gasteiger partial charge on any atom is -0.369 e. The van der Waals surface area contributed by atoms with Crippen molar-refractivity contribution < 1.29 is 4.79 Å². The lowest BCUT2D eigenvalue weighted by Crippen LogP contribution is -2.48. The van der Waals surface area contributed by atoms with Gasteiger partial charge in [0, 0.05) is 11.9 Å². The second kappa shape index (κ2) is 8.93. The van der Waals surface area contributed by atoms with Gasteiger partial charge in [0.2, 0.25) is 5.91 Å². The summed E-state index contributed by atoms with van der Waals surface area (Å²) in [5.74, 6) is -0.0924. The summed E-state index contributed by atoms with van der Waals surface area (Å²) in [7, 11) is 1.67. The van der Waals surface area contributed by atoms with Crippen molar-refractivity contribution in [2.24, 2.45) is 16.6 Å². The van der Waals surface area contributed by atoms with Crippen LogP contribution >= 0.6 is 11.3 Å². The highest BCUT2D eigenvalue weighted by molar-refractivity contribution is 7.10. The molecule has 30 heavy (non-hydrogen) atoms. The molecular weight excluding hydrogens is 392 g/mol. The van der Waals surface area contributed by atoms with Crippen LogP contribution in [-0.4, -0.2) is 23.8 Å². The van der Waals surface area contributed by atoms with Gasteiger partial charge in [-0.05, 0) is 46.7 Å². The number of benzene rings is 2. The fraction of sp³-hybridized carbons (Fsp3) is 0.208. The monoisotopic (exact) mass is 416 g/mol. The van der Waals surface area contributed by atoms with Crippen LogP contribution in [0.5, 0.6) is 0 Å². The maximum Gasteiger partial charge on any atom is 0.235 e. The first-order chi connectivity index (χ1) is 14.1. The number of nitriles is 1. The molecule has 2 heterocycles. The molecule has 6 heteroatoms. The third-order valence-corrected chi connectivity index (χ3v) is 6.18. The van der Waals surface area contributed by atoms with E-state index in [1.807, 2.05) is 53.9 Å². The van der Waals surface area contributed by atoms with Crippen LogP contribution in [0.3, 0.4) is 0 Å². The standard InChI is InChI=1S/C23H20N4OS.CH4/c1-27-22(28)19(11-15-6-3-2-4-7-15)21(26-23(27)25)20-12-18(14-29-20)17-9-5-8-16(10-17)13-24;/h2-10,12,14,19,21H,11H2,1H3,(H2,25,26);1H4/t19-,21+;/m1./s1. The van der Waals surface area contributed by atoms with Gasteiger partial charge < -0.3 is 5.73 Å². The predicted molar refractivity (Wildman–Crippen MR) is 122 cm³/mol. The van der Waals surface area contributed by atoms with Crippen LogP contribution in [0.2, 0.25) is 0 Å². The second-order valence-corrected chi connectivity index (χ2v) is 8.00. The number of aliphatic imine (C=N–C) groups is 1. The van der Waals surface area contributed by atoms with Gasteiger partial charge in [-0.2, -0.15) is 5.26 Å². The molecule has 2 atom stereocenters. The van der Waals surface area contributed by atoms with E-state index in [1.54, 1.807) is 24.5 Å². The van der Waals surface area contributed by atoms with Crippen LogP contribution < -0.4 is 5.73 Å². The van der Waals surface area contributed by atoms with Crippen molar-refractivity contribution in [2.75, 3.05) is 7.05 Å². The third kappa shape index (κ3) is 4.12. The fourth-order valence-electron chi connectivity index (χ4n) is 3.57. The number of hydrogen-bond donors (Lipinski definition) is 1. The highest BCUT2D eigenvalue weighted by Crippen LogP contribution is 2.38. The summed E-state index contributed by atoms with van der Waals surface area (Å²) >= 11 is 1.57. The Labute approximate surface area is 181 Å². The molecule has 0 radical (unpaired) electrons. The lowest BCUT2D eigenvalue weighted by atomic mass is 9.88. The molecule has 0 saturated heterocycles. The van der Waals surface area contributed by atoms with Gasteiger partial charge in [0.25, 0.3) is 0 Å². The van der Waals surface area contributed by atoms with E-state index in [1.165, 1.54) is 4.90 Å². The van der Waals surface area contributed by atoms with Crippen molar-refractivity contribution in [3.63, 3.8) is 0 Å². The van der Waals surface area contributed by atoms with Gasteiger partial charge in [0.05, 0.1) is 23.6 Å².